The number of aromatic nitrogens is 2. The van der Waals surface area contributed by atoms with Crippen LogP contribution in [0.5, 0.6) is 5.75 Å². The van der Waals surface area contributed by atoms with Gasteiger partial charge >= 0.3 is 0 Å². The Morgan fingerprint density at radius 3 is 2.83 bits per heavy atom. The minimum Gasteiger partial charge on any atom is -0.508 e. The molecule has 0 aliphatic heterocycles. The molecule has 2 aromatic carbocycles. The Balaban J connectivity index is 2.18. The van der Waals surface area contributed by atoms with Gasteiger partial charge < -0.3 is 10.8 Å². The second-order valence-corrected chi connectivity index (χ2v) is 4.17. The maximum atomic E-state index is 9.51. The molecule has 0 saturated carbocycles. The van der Waals surface area contributed by atoms with Crippen molar-refractivity contribution in [2.24, 2.45) is 5.73 Å². The van der Waals surface area contributed by atoms with Gasteiger partial charge in [-0.25, -0.2) is 4.68 Å². The number of phenols is 1. The first-order valence-corrected chi connectivity index (χ1v) is 5.74. The molecular formula is C14H13N3O. The standard InChI is InChI=1S/C14H13N3O/c15-8-10-4-5-14-11(6-10)9-16-17(14)12-2-1-3-13(18)7-12/h1-7,9,18H,8,15H2. The van der Waals surface area contributed by atoms with Gasteiger partial charge in [0.15, 0.2) is 0 Å². The van der Waals surface area contributed by atoms with Gasteiger partial charge in [-0.15, -0.1) is 0 Å². The molecular weight excluding hydrogens is 226 g/mol. The second-order valence-electron chi connectivity index (χ2n) is 4.17. The number of benzene rings is 2. The van der Waals surface area contributed by atoms with Crippen LogP contribution >= 0.6 is 0 Å². The van der Waals surface area contributed by atoms with E-state index in [4.69, 9.17) is 5.73 Å². The number of hydrogen-bond acceptors (Lipinski definition) is 3. The number of phenolic OH excluding ortho intramolecular Hbond substituents is 1. The monoisotopic (exact) mass is 239 g/mol. The zero-order chi connectivity index (χ0) is 12.5. The molecule has 90 valence electrons. The van der Waals surface area contributed by atoms with Crippen molar-refractivity contribution in [2.45, 2.75) is 6.54 Å². The highest BCUT2D eigenvalue weighted by molar-refractivity contribution is 5.81. The lowest BCUT2D eigenvalue weighted by Gasteiger charge is -2.04. The Kier molecular flexibility index (Phi) is 2.50. The van der Waals surface area contributed by atoms with Crippen LogP contribution in [-0.2, 0) is 6.54 Å². The van der Waals surface area contributed by atoms with Gasteiger partial charge in [0, 0.05) is 18.0 Å². The van der Waals surface area contributed by atoms with Crippen LogP contribution < -0.4 is 5.73 Å². The van der Waals surface area contributed by atoms with Crippen molar-refractivity contribution in [3.8, 4) is 11.4 Å². The lowest BCUT2D eigenvalue weighted by Crippen LogP contribution is -1.97. The van der Waals surface area contributed by atoms with Crippen LogP contribution in [0.1, 0.15) is 5.56 Å². The summed E-state index contributed by atoms with van der Waals surface area (Å²) in [4.78, 5) is 0. The highest BCUT2D eigenvalue weighted by Gasteiger charge is 2.05. The van der Waals surface area contributed by atoms with E-state index >= 15 is 0 Å². The fraction of sp³-hybridized carbons (Fsp3) is 0.0714. The minimum atomic E-state index is 0.231. The summed E-state index contributed by atoms with van der Waals surface area (Å²) >= 11 is 0. The smallest absolute Gasteiger partial charge is 0.117 e. The molecule has 18 heavy (non-hydrogen) atoms. The van der Waals surface area contributed by atoms with Crippen molar-refractivity contribution < 1.29 is 5.11 Å². The van der Waals surface area contributed by atoms with E-state index in [0.29, 0.717) is 6.54 Å². The Hall–Kier alpha value is -2.33. The summed E-state index contributed by atoms with van der Waals surface area (Å²) in [5, 5.41) is 14.9. The molecule has 0 fully saturated rings. The highest BCUT2D eigenvalue weighted by Crippen LogP contribution is 2.21. The second kappa shape index (κ2) is 4.16. The quantitative estimate of drug-likeness (QED) is 0.720. The third-order valence-electron chi connectivity index (χ3n) is 2.94. The van der Waals surface area contributed by atoms with E-state index in [1.54, 1.807) is 29.1 Å². The summed E-state index contributed by atoms with van der Waals surface area (Å²) < 4.78 is 1.80. The molecule has 3 N–H and O–H groups in total. The molecule has 0 saturated heterocycles. The van der Waals surface area contributed by atoms with Gasteiger partial charge in [0.2, 0.25) is 0 Å². The van der Waals surface area contributed by atoms with Crippen LogP contribution in [0.2, 0.25) is 0 Å². The molecule has 4 nitrogen and oxygen atoms in total. The molecule has 0 spiro atoms. The first-order chi connectivity index (χ1) is 8.78. The Labute approximate surface area is 104 Å². The largest absolute Gasteiger partial charge is 0.508 e. The Morgan fingerprint density at radius 1 is 1.17 bits per heavy atom. The minimum absolute atomic E-state index is 0.231. The Morgan fingerprint density at radius 2 is 2.06 bits per heavy atom. The van der Waals surface area contributed by atoms with Crippen LogP contribution in [0.25, 0.3) is 16.6 Å². The number of hydrogen-bond donors (Lipinski definition) is 2. The van der Waals surface area contributed by atoms with Crippen molar-refractivity contribution in [2.75, 3.05) is 0 Å². The number of nitrogens with zero attached hydrogens (tertiary/aromatic N) is 2. The lowest BCUT2D eigenvalue weighted by molar-refractivity contribution is 0.475. The van der Waals surface area contributed by atoms with E-state index in [9.17, 15) is 5.11 Å². The summed E-state index contributed by atoms with van der Waals surface area (Å²) in [7, 11) is 0. The fourth-order valence-electron chi connectivity index (χ4n) is 2.04. The predicted octanol–water partition coefficient (Wildman–Crippen LogP) is 2.19. The maximum Gasteiger partial charge on any atom is 0.117 e. The molecule has 0 aliphatic carbocycles. The Bertz CT molecular complexity index is 703. The van der Waals surface area contributed by atoms with Crippen LogP contribution in [-0.4, -0.2) is 14.9 Å². The van der Waals surface area contributed by atoms with Gasteiger partial charge in [-0.1, -0.05) is 12.1 Å². The summed E-state index contributed by atoms with van der Waals surface area (Å²) in [5.74, 6) is 0.231. The molecule has 0 amide bonds. The molecule has 0 bridgehead atoms. The van der Waals surface area contributed by atoms with Gasteiger partial charge in [-0.2, -0.15) is 5.10 Å². The van der Waals surface area contributed by atoms with Gasteiger partial charge in [0.05, 0.1) is 17.4 Å². The van der Waals surface area contributed by atoms with Crippen molar-refractivity contribution in [3.63, 3.8) is 0 Å². The number of aromatic hydroxyl groups is 1. The first-order valence-electron chi connectivity index (χ1n) is 5.74. The zero-order valence-electron chi connectivity index (χ0n) is 9.74. The molecule has 3 rings (SSSR count). The van der Waals surface area contributed by atoms with Crippen LogP contribution in [0, 0.1) is 0 Å². The zero-order valence-corrected chi connectivity index (χ0v) is 9.74. The van der Waals surface area contributed by atoms with Gasteiger partial charge in [-0.3, -0.25) is 0 Å². The van der Waals surface area contributed by atoms with E-state index < -0.39 is 0 Å². The van der Waals surface area contributed by atoms with Crippen LogP contribution in [0.4, 0.5) is 0 Å². The summed E-state index contributed by atoms with van der Waals surface area (Å²) in [6.07, 6.45) is 1.80. The van der Waals surface area contributed by atoms with E-state index in [0.717, 1.165) is 22.2 Å². The summed E-state index contributed by atoms with van der Waals surface area (Å²) in [6, 6.07) is 13.0. The normalized spacial score (nSPS) is 10.9. The summed E-state index contributed by atoms with van der Waals surface area (Å²) in [5.41, 5.74) is 8.54. The van der Waals surface area contributed by atoms with Crippen molar-refractivity contribution in [1.82, 2.24) is 9.78 Å². The number of nitrogens with two attached hydrogens (primary N) is 1. The predicted molar refractivity (Wildman–Crippen MR) is 70.6 cm³/mol. The van der Waals surface area contributed by atoms with Crippen LogP contribution in [0.15, 0.2) is 48.7 Å². The molecule has 0 unspecified atom stereocenters. The first kappa shape index (κ1) is 10.8. The molecule has 0 radical (unpaired) electrons. The van der Waals surface area contributed by atoms with Crippen molar-refractivity contribution >= 4 is 10.9 Å². The lowest BCUT2D eigenvalue weighted by atomic mass is 10.1. The fourth-order valence-corrected chi connectivity index (χ4v) is 2.04. The number of rotatable bonds is 2. The van der Waals surface area contributed by atoms with E-state index in [1.807, 2.05) is 24.3 Å². The SMILES string of the molecule is NCc1ccc2c(cnn2-c2cccc(O)c2)c1. The summed E-state index contributed by atoms with van der Waals surface area (Å²) in [6.45, 7) is 0.521. The molecule has 0 aliphatic rings. The van der Waals surface area contributed by atoms with Gasteiger partial charge in [-0.05, 0) is 29.8 Å². The van der Waals surface area contributed by atoms with Crippen LogP contribution in [0.3, 0.4) is 0 Å². The topological polar surface area (TPSA) is 64.1 Å². The molecule has 4 heteroatoms. The third kappa shape index (κ3) is 1.72. The number of fused-ring (bicyclic) bond motifs is 1. The van der Waals surface area contributed by atoms with E-state index in [-0.39, 0.29) is 5.75 Å². The molecule has 3 aromatic rings. The van der Waals surface area contributed by atoms with E-state index in [2.05, 4.69) is 5.10 Å². The van der Waals surface area contributed by atoms with Crippen molar-refractivity contribution in [1.29, 1.82) is 0 Å². The maximum absolute atomic E-state index is 9.51. The average molecular weight is 239 g/mol. The van der Waals surface area contributed by atoms with Gasteiger partial charge in [0.1, 0.15) is 5.75 Å². The van der Waals surface area contributed by atoms with Crippen molar-refractivity contribution in [3.05, 3.63) is 54.2 Å². The molecule has 1 heterocycles. The molecule has 1 aromatic heterocycles. The third-order valence-corrected chi connectivity index (χ3v) is 2.94. The van der Waals surface area contributed by atoms with E-state index in [1.165, 1.54) is 0 Å². The van der Waals surface area contributed by atoms with Gasteiger partial charge in [0.25, 0.3) is 0 Å². The average Bonchev–Trinajstić information content (AvgIpc) is 2.81. The highest BCUT2D eigenvalue weighted by atomic mass is 16.3. The molecule has 0 atom stereocenters.